The molecule has 0 bridgehead atoms. The predicted octanol–water partition coefficient (Wildman–Crippen LogP) is 1.65. The molecule has 0 unspecified atom stereocenters. The summed E-state index contributed by atoms with van der Waals surface area (Å²) in [4.78, 5) is 31.7. The van der Waals surface area contributed by atoms with E-state index in [1.807, 2.05) is 0 Å². The molecule has 1 aromatic heterocycles. The maximum Gasteiger partial charge on any atom is 0.345 e. The smallest absolute Gasteiger partial charge is 0.345 e. The average Bonchev–Trinajstić information content (AvgIpc) is 3.04. The molecular formula is C16H16FN3O3. The fraction of sp³-hybridized carbons (Fsp3) is 0.312. The number of aromatic nitrogens is 2. The fourth-order valence-corrected chi connectivity index (χ4v) is 2.72. The molecule has 1 aliphatic heterocycles. The highest BCUT2D eigenvalue weighted by Crippen LogP contribution is 2.30. The molecule has 7 heteroatoms. The van der Waals surface area contributed by atoms with Crippen molar-refractivity contribution in [3.8, 4) is 5.75 Å². The number of hydrogen-bond acceptors (Lipinski definition) is 4. The van der Waals surface area contributed by atoms with Crippen LogP contribution in [0.25, 0.3) is 0 Å². The van der Waals surface area contributed by atoms with Crippen molar-refractivity contribution in [2.75, 3.05) is 13.2 Å². The van der Waals surface area contributed by atoms with Gasteiger partial charge in [-0.25, -0.2) is 14.2 Å². The van der Waals surface area contributed by atoms with Gasteiger partial charge in [0.15, 0.2) is 6.61 Å². The van der Waals surface area contributed by atoms with Crippen molar-refractivity contribution < 1.29 is 13.9 Å². The number of nitrogens with one attached hydrogen (secondary N) is 1. The Hall–Kier alpha value is -2.70. The molecule has 0 aliphatic carbocycles. The van der Waals surface area contributed by atoms with Gasteiger partial charge in [0.05, 0.1) is 6.04 Å². The molecule has 2 aromatic rings. The Kier molecular flexibility index (Phi) is 4.36. The average molecular weight is 317 g/mol. The molecule has 3 rings (SSSR count). The highest BCUT2D eigenvalue weighted by molar-refractivity contribution is 5.78. The second kappa shape index (κ2) is 6.60. The molecule has 0 spiro atoms. The molecule has 1 N–H and O–H groups in total. The van der Waals surface area contributed by atoms with E-state index in [1.165, 1.54) is 30.5 Å². The molecule has 1 aliphatic rings. The van der Waals surface area contributed by atoms with Crippen molar-refractivity contribution in [1.82, 2.24) is 14.9 Å². The van der Waals surface area contributed by atoms with E-state index in [-0.39, 0.29) is 24.4 Å². The van der Waals surface area contributed by atoms with E-state index in [2.05, 4.69) is 9.97 Å². The van der Waals surface area contributed by atoms with Crippen molar-refractivity contribution in [3.05, 3.63) is 58.5 Å². The summed E-state index contributed by atoms with van der Waals surface area (Å²) < 4.78 is 18.2. The highest BCUT2D eigenvalue weighted by Gasteiger charge is 2.30. The molecule has 1 aromatic carbocycles. The number of carbonyl (C=O) groups is 1. The quantitative estimate of drug-likeness (QED) is 0.930. The van der Waals surface area contributed by atoms with Crippen LogP contribution in [0.3, 0.4) is 0 Å². The number of carbonyl (C=O) groups excluding carboxylic acids is 1. The monoisotopic (exact) mass is 317 g/mol. The minimum absolute atomic E-state index is 0.128. The Morgan fingerprint density at radius 1 is 1.35 bits per heavy atom. The standard InChI is InChI=1S/C16H16FN3O3/c17-11-3-5-12(6-4-11)23-10-15(21)20-9-1-2-14(20)13-7-8-18-16(22)19-13/h3-8,14H,1-2,9-10H2,(H,18,19,22)/t14-/m1/s1. The van der Waals surface area contributed by atoms with E-state index in [4.69, 9.17) is 4.74 Å². The minimum atomic E-state index is -0.427. The van der Waals surface area contributed by atoms with Gasteiger partial charge in [0.25, 0.3) is 5.91 Å². The molecule has 1 fully saturated rings. The molecular weight excluding hydrogens is 301 g/mol. The van der Waals surface area contributed by atoms with Crippen molar-refractivity contribution >= 4 is 5.91 Å². The van der Waals surface area contributed by atoms with E-state index in [0.717, 1.165) is 12.8 Å². The van der Waals surface area contributed by atoms with E-state index < -0.39 is 5.69 Å². The number of ether oxygens (including phenoxy) is 1. The Balaban J connectivity index is 1.66. The first-order valence-electron chi connectivity index (χ1n) is 7.36. The van der Waals surface area contributed by atoms with Crippen molar-refractivity contribution in [2.45, 2.75) is 18.9 Å². The number of amides is 1. The molecule has 0 saturated carbocycles. The number of H-pyrrole nitrogens is 1. The van der Waals surface area contributed by atoms with Crippen LogP contribution in [0.5, 0.6) is 5.75 Å². The predicted molar refractivity (Wildman–Crippen MR) is 80.4 cm³/mol. The lowest BCUT2D eigenvalue weighted by atomic mass is 10.1. The zero-order chi connectivity index (χ0) is 16.2. The summed E-state index contributed by atoms with van der Waals surface area (Å²) in [6.45, 7) is 0.484. The molecule has 1 atom stereocenters. The fourth-order valence-electron chi connectivity index (χ4n) is 2.72. The Morgan fingerprint density at radius 3 is 2.87 bits per heavy atom. The van der Waals surface area contributed by atoms with Crippen LogP contribution in [0.15, 0.2) is 41.3 Å². The molecule has 23 heavy (non-hydrogen) atoms. The summed E-state index contributed by atoms with van der Waals surface area (Å²) in [6.07, 6.45) is 3.07. The molecule has 0 radical (unpaired) electrons. The first-order valence-corrected chi connectivity index (χ1v) is 7.36. The van der Waals surface area contributed by atoms with Gasteiger partial charge in [-0.1, -0.05) is 0 Å². The number of benzene rings is 1. The van der Waals surface area contributed by atoms with E-state index in [1.54, 1.807) is 11.0 Å². The first kappa shape index (κ1) is 15.2. The molecule has 6 nitrogen and oxygen atoms in total. The zero-order valence-electron chi connectivity index (χ0n) is 12.4. The Bertz CT molecular complexity index is 745. The lowest BCUT2D eigenvalue weighted by Crippen LogP contribution is -2.35. The van der Waals surface area contributed by atoms with E-state index in [0.29, 0.717) is 18.0 Å². The van der Waals surface area contributed by atoms with Crippen molar-refractivity contribution in [3.63, 3.8) is 0 Å². The maximum atomic E-state index is 12.8. The number of halogens is 1. The molecule has 120 valence electrons. The number of rotatable bonds is 4. The van der Waals surface area contributed by atoms with Crippen LogP contribution in [0.2, 0.25) is 0 Å². The summed E-state index contributed by atoms with van der Waals surface area (Å²) in [5.74, 6) is -0.0905. The van der Waals surface area contributed by atoms with Crippen LogP contribution in [0.4, 0.5) is 4.39 Å². The van der Waals surface area contributed by atoms with Gasteiger partial charge in [0, 0.05) is 18.4 Å². The van der Waals surface area contributed by atoms with Gasteiger partial charge in [-0.05, 0) is 43.2 Å². The SMILES string of the molecule is O=C(COc1ccc(F)cc1)N1CCC[C@@H]1c1ccnc(=O)[nH]1. The number of likely N-dealkylation sites (tertiary alicyclic amines) is 1. The van der Waals surface area contributed by atoms with Crippen molar-refractivity contribution in [1.29, 1.82) is 0 Å². The van der Waals surface area contributed by atoms with Crippen molar-refractivity contribution in [2.24, 2.45) is 0 Å². The van der Waals surface area contributed by atoms with Gasteiger partial charge < -0.3 is 14.6 Å². The van der Waals surface area contributed by atoms with Gasteiger partial charge in [-0.3, -0.25) is 4.79 Å². The van der Waals surface area contributed by atoms with Crippen LogP contribution >= 0.6 is 0 Å². The largest absolute Gasteiger partial charge is 0.484 e. The second-order valence-electron chi connectivity index (χ2n) is 5.32. The summed E-state index contributed by atoms with van der Waals surface area (Å²) in [7, 11) is 0. The topological polar surface area (TPSA) is 75.3 Å². The summed E-state index contributed by atoms with van der Waals surface area (Å²) in [5, 5.41) is 0. The van der Waals surface area contributed by atoms with Gasteiger partial charge >= 0.3 is 5.69 Å². The molecule has 1 amide bonds. The highest BCUT2D eigenvalue weighted by atomic mass is 19.1. The third-order valence-corrected chi connectivity index (χ3v) is 3.81. The number of nitrogens with zero attached hydrogens (tertiary/aromatic N) is 2. The van der Waals surface area contributed by atoms with Crippen LogP contribution in [0.1, 0.15) is 24.6 Å². The number of hydrogen-bond donors (Lipinski definition) is 1. The van der Waals surface area contributed by atoms with Gasteiger partial charge in [-0.2, -0.15) is 0 Å². The van der Waals surface area contributed by atoms with Crippen LogP contribution in [-0.4, -0.2) is 33.9 Å². The Morgan fingerprint density at radius 2 is 2.13 bits per heavy atom. The lowest BCUT2D eigenvalue weighted by Gasteiger charge is -2.24. The minimum Gasteiger partial charge on any atom is -0.484 e. The van der Waals surface area contributed by atoms with Crippen LogP contribution < -0.4 is 10.4 Å². The van der Waals surface area contributed by atoms with Crippen LogP contribution in [0, 0.1) is 5.82 Å². The zero-order valence-corrected chi connectivity index (χ0v) is 12.4. The van der Waals surface area contributed by atoms with E-state index >= 15 is 0 Å². The number of aromatic amines is 1. The third kappa shape index (κ3) is 3.56. The van der Waals surface area contributed by atoms with E-state index in [9.17, 15) is 14.0 Å². The summed E-state index contributed by atoms with van der Waals surface area (Å²) in [6, 6.07) is 7.04. The van der Waals surface area contributed by atoms with Crippen LogP contribution in [-0.2, 0) is 4.79 Å². The van der Waals surface area contributed by atoms with Gasteiger partial charge in [0.1, 0.15) is 11.6 Å². The van der Waals surface area contributed by atoms with Gasteiger partial charge in [0.2, 0.25) is 0 Å². The molecule has 1 saturated heterocycles. The summed E-state index contributed by atoms with van der Waals surface area (Å²) in [5.41, 5.74) is 0.252. The van der Waals surface area contributed by atoms with Gasteiger partial charge in [-0.15, -0.1) is 0 Å². The second-order valence-corrected chi connectivity index (χ2v) is 5.32. The normalized spacial score (nSPS) is 17.3. The third-order valence-electron chi connectivity index (χ3n) is 3.81. The molecule has 2 heterocycles. The lowest BCUT2D eigenvalue weighted by molar-refractivity contribution is -0.134. The maximum absolute atomic E-state index is 12.8. The first-order chi connectivity index (χ1) is 11.1. The Labute approximate surface area is 131 Å². The summed E-state index contributed by atoms with van der Waals surface area (Å²) >= 11 is 0.